The lowest BCUT2D eigenvalue weighted by molar-refractivity contribution is 0.00627. The summed E-state index contributed by atoms with van der Waals surface area (Å²) >= 11 is 0. The Morgan fingerprint density at radius 1 is 1.28 bits per heavy atom. The van der Waals surface area contributed by atoms with Crippen molar-refractivity contribution in [2.24, 2.45) is 0 Å². The number of ketones is 1. The van der Waals surface area contributed by atoms with Crippen LogP contribution in [0.25, 0.3) is 0 Å². The third-order valence-electron chi connectivity index (χ3n) is 2.70. The van der Waals surface area contributed by atoms with Gasteiger partial charge in [0.15, 0.2) is 5.78 Å². The van der Waals surface area contributed by atoms with Crippen LogP contribution < -0.4 is 0 Å². The minimum Gasteiger partial charge on any atom is -0.455 e. The van der Waals surface area contributed by atoms with Crippen molar-refractivity contribution in [3.8, 4) is 0 Å². The molecule has 0 unspecified atom stereocenters. The van der Waals surface area contributed by atoms with Crippen molar-refractivity contribution in [3.63, 3.8) is 0 Å². The van der Waals surface area contributed by atoms with Crippen LogP contribution >= 0.6 is 0 Å². The van der Waals surface area contributed by atoms with Crippen LogP contribution in [0, 0.1) is 0 Å². The summed E-state index contributed by atoms with van der Waals surface area (Å²) in [6, 6.07) is 3.43. The molecule has 0 saturated carbocycles. The predicted molar refractivity (Wildman–Crippen MR) is 66.7 cm³/mol. The predicted octanol–water partition coefficient (Wildman–Crippen LogP) is 2.56. The maximum Gasteiger partial charge on any atom is 0.357 e. The molecule has 1 aromatic heterocycles. The molecule has 0 aliphatic heterocycles. The van der Waals surface area contributed by atoms with E-state index in [2.05, 4.69) is 4.98 Å². The van der Waals surface area contributed by atoms with Crippen LogP contribution in [0.3, 0.4) is 0 Å². The molecule has 0 atom stereocenters. The maximum atomic E-state index is 11.9. The van der Waals surface area contributed by atoms with Gasteiger partial charge in [0.05, 0.1) is 0 Å². The van der Waals surface area contributed by atoms with Crippen LogP contribution in [0.4, 0.5) is 0 Å². The highest BCUT2D eigenvalue weighted by Crippen LogP contribution is 2.20. The molecule has 0 bridgehead atoms. The third kappa shape index (κ3) is 2.75. The molecular weight excluding hydrogens is 230 g/mol. The normalized spacial score (nSPS) is 15.2. The summed E-state index contributed by atoms with van der Waals surface area (Å²) in [6.07, 6.45) is 2.22. The van der Waals surface area contributed by atoms with Gasteiger partial charge in [0.25, 0.3) is 0 Å². The minimum absolute atomic E-state index is 0.0154. The highest BCUT2D eigenvalue weighted by molar-refractivity contribution is 5.98. The fourth-order valence-electron chi connectivity index (χ4n) is 1.93. The lowest BCUT2D eigenvalue weighted by Gasteiger charge is -2.20. The van der Waals surface area contributed by atoms with Crippen molar-refractivity contribution in [2.45, 2.75) is 45.6 Å². The number of aromatic nitrogens is 1. The number of esters is 1. The molecule has 0 aromatic carbocycles. The first kappa shape index (κ1) is 12.7. The van der Waals surface area contributed by atoms with Crippen LogP contribution in [-0.4, -0.2) is 22.3 Å². The summed E-state index contributed by atoms with van der Waals surface area (Å²) in [5.74, 6) is -0.467. The summed E-state index contributed by atoms with van der Waals surface area (Å²) in [4.78, 5) is 27.7. The van der Waals surface area contributed by atoms with Crippen molar-refractivity contribution in [1.29, 1.82) is 0 Å². The number of fused-ring (bicyclic) bond motifs is 1. The Labute approximate surface area is 106 Å². The summed E-state index contributed by atoms with van der Waals surface area (Å²) in [7, 11) is 0. The van der Waals surface area contributed by atoms with Gasteiger partial charge in [-0.05, 0) is 45.2 Å². The summed E-state index contributed by atoms with van der Waals surface area (Å²) < 4.78 is 5.24. The molecule has 96 valence electrons. The van der Waals surface area contributed by atoms with Gasteiger partial charge in [-0.1, -0.05) is 6.07 Å². The highest BCUT2D eigenvalue weighted by atomic mass is 16.6. The number of hydrogen-bond acceptors (Lipinski definition) is 4. The van der Waals surface area contributed by atoms with Gasteiger partial charge in [-0.15, -0.1) is 0 Å². The standard InChI is InChI=1S/C14H17NO3/c1-14(2,3)18-13(17)10-8-7-9-5-4-6-11(16)12(9)15-10/h7-8H,4-6H2,1-3H3. The monoisotopic (exact) mass is 247 g/mol. The molecule has 0 N–H and O–H groups in total. The average molecular weight is 247 g/mol. The largest absolute Gasteiger partial charge is 0.455 e. The van der Waals surface area contributed by atoms with E-state index in [1.165, 1.54) is 0 Å². The summed E-state index contributed by atoms with van der Waals surface area (Å²) in [6.45, 7) is 5.40. The van der Waals surface area contributed by atoms with E-state index in [9.17, 15) is 9.59 Å². The van der Waals surface area contributed by atoms with E-state index in [4.69, 9.17) is 4.74 Å². The van der Waals surface area contributed by atoms with Gasteiger partial charge in [0.1, 0.15) is 17.0 Å². The number of Topliss-reactive ketones (excluding diaryl/α,β-unsaturated/α-hetero) is 1. The zero-order valence-electron chi connectivity index (χ0n) is 10.9. The van der Waals surface area contributed by atoms with Gasteiger partial charge in [0, 0.05) is 6.42 Å². The fourth-order valence-corrected chi connectivity index (χ4v) is 1.93. The number of carbonyl (C=O) groups excluding carboxylic acids is 2. The molecule has 0 spiro atoms. The van der Waals surface area contributed by atoms with Crippen molar-refractivity contribution in [3.05, 3.63) is 29.1 Å². The van der Waals surface area contributed by atoms with Crippen LogP contribution in [-0.2, 0) is 11.2 Å². The van der Waals surface area contributed by atoms with Gasteiger partial charge in [0.2, 0.25) is 0 Å². The van der Waals surface area contributed by atoms with E-state index in [0.717, 1.165) is 18.4 Å². The summed E-state index contributed by atoms with van der Waals surface area (Å²) in [5.41, 5.74) is 1.01. The average Bonchev–Trinajstić information content (AvgIpc) is 2.27. The zero-order valence-corrected chi connectivity index (χ0v) is 10.9. The molecule has 0 fully saturated rings. The molecule has 1 aromatic rings. The molecule has 4 nitrogen and oxygen atoms in total. The van der Waals surface area contributed by atoms with E-state index in [-0.39, 0.29) is 11.5 Å². The first-order valence-corrected chi connectivity index (χ1v) is 6.13. The molecule has 18 heavy (non-hydrogen) atoms. The number of ether oxygens (including phenoxy) is 1. The van der Waals surface area contributed by atoms with E-state index in [0.29, 0.717) is 12.1 Å². The molecule has 4 heteroatoms. The van der Waals surface area contributed by atoms with Crippen LogP contribution in [0.5, 0.6) is 0 Å². The number of carbonyl (C=O) groups is 2. The number of pyridine rings is 1. The van der Waals surface area contributed by atoms with E-state index >= 15 is 0 Å². The Hall–Kier alpha value is -1.71. The molecule has 1 heterocycles. The lowest BCUT2D eigenvalue weighted by atomic mass is 9.95. The molecule has 1 aliphatic carbocycles. The maximum absolute atomic E-state index is 11.9. The molecule has 0 radical (unpaired) electrons. The van der Waals surface area contributed by atoms with Crippen LogP contribution in [0.1, 0.15) is 60.2 Å². The Morgan fingerprint density at radius 3 is 2.67 bits per heavy atom. The van der Waals surface area contributed by atoms with Gasteiger partial charge >= 0.3 is 5.97 Å². The topological polar surface area (TPSA) is 56.3 Å². The van der Waals surface area contributed by atoms with Crippen molar-refractivity contribution in [2.75, 3.05) is 0 Å². The Kier molecular flexibility index (Phi) is 3.20. The number of aryl methyl sites for hydroxylation is 1. The van der Waals surface area contributed by atoms with E-state index in [1.807, 2.05) is 0 Å². The summed E-state index contributed by atoms with van der Waals surface area (Å²) in [5, 5.41) is 0. The van der Waals surface area contributed by atoms with Gasteiger partial charge < -0.3 is 4.74 Å². The van der Waals surface area contributed by atoms with E-state index < -0.39 is 11.6 Å². The van der Waals surface area contributed by atoms with Crippen molar-refractivity contribution < 1.29 is 14.3 Å². The Bertz CT molecular complexity index is 500. The van der Waals surface area contributed by atoms with Gasteiger partial charge in [-0.25, -0.2) is 9.78 Å². The Morgan fingerprint density at radius 2 is 2.00 bits per heavy atom. The van der Waals surface area contributed by atoms with Crippen LogP contribution in [0.2, 0.25) is 0 Å². The Balaban J connectivity index is 2.28. The highest BCUT2D eigenvalue weighted by Gasteiger charge is 2.23. The second-order valence-corrected chi connectivity index (χ2v) is 5.48. The smallest absolute Gasteiger partial charge is 0.357 e. The van der Waals surface area contributed by atoms with Crippen molar-refractivity contribution in [1.82, 2.24) is 4.98 Å². The number of hydrogen-bond donors (Lipinski definition) is 0. The number of nitrogens with zero attached hydrogens (tertiary/aromatic N) is 1. The third-order valence-corrected chi connectivity index (χ3v) is 2.70. The minimum atomic E-state index is -0.557. The quantitative estimate of drug-likeness (QED) is 0.716. The first-order chi connectivity index (χ1) is 8.37. The van der Waals surface area contributed by atoms with Gasteiger partial charge in [-0.2, -0.15) is 0 Å². The molecular formula is C14H17NO3. The SMILES string of the molecule is CC(C)(C)OC(=O)c1ccc2c(n1)C(=O)CCC2. The first-order valence-electron chi connectivity index (χ1n) is 6.13. The fraction of sp³-hybridized carbons (Fsp3) is 0.500. The second kappa shape index (κ2) is 4.52. The lowest BCUT2D eigenvalue weighted by Crippen LogP contribution is -2.25. The number of rotatable bonds is 1. The molecule has 0 saturated heterocycles. The zero-order chi connectivity index (χ0) is 13.3. The van der Waals surface area contributed by atoms with Crippen molar-refractivity contribution >= 4 is 11.8 Å². The van der Waals surface area contributed by atoms with Gasteiger partial charge in [-0.3, -0.25) is 4.79 Å². The molecule has 1 aliphatic rings. The van der Waals surface area contributed by atoms with E-state index in [1.54, 1.807) is 32.9 Å². The molecule has 0 amide bonds. The van der Waals surface area contributed by atoms with Crippen LogP contribution in [0.15, 0.2) is 12.1 Å². The molecule has 2 rings (SSSR count). The second-order valence-electron chi connectivity index (χ2n) is 5.48.